The lowest BCUT2D eigenvalue weighted by molar-refractivity contribution is -0.384. The van der Waals surface area contributed by atoms with Gasteiger partial charge >= 0.3 is 7.12 Å². The van der Waals surface area contributed by atoms with E-state index in [4.69, 9.17) is 4.65 Å². The maximum Gasteiger partial charge on any atom is 0.455 e. The van der Waals surface area contributed by atoms with Gasteiger partial charge in [-0.15, -0.1) is 0 Å². The van der Waals surface area contributed by atoms with Crippen LogP contribution in [0.2, 0.25) is 6.32 Å². The minimum atomic E-state index is -1.13. The van der Waals surface area contributed by atoms with Crippen LogP contribution in [0, 0.1) is 27.9 Å². The third-order valence-corrected chi connectivity index (χ3v) is 9.52. The van der Waals surface area contributed by atoms with Crippen molar-refractivity contribution >= 4 is 57.9 Å². The van der Waals surface area contributed by atoms with Crippen LogP contribution >= 0.6 is 15.9 Å². The summed E-state index contributed by atoms with van der Waals surface area (Å²) in [5.74, 6) is -2.38. The van der Waals surface area contributed by atoms with Crippen LogP contribution in [-0.2, 0) is 14.2 Å². The molecule has 2 aromatic carbocycles. The minimum Gasteiger partial charge on any atom is -0.507 e. The topological polar surface area (TPSA) is 143 Å². The van der Waals surface area contributed by atoms with Crippen molar-refractivity contribution in [1.29, 1.82) is 0 Å². The second-order valence-electron chi connectivity index (χ2n) is 11.6. The molecule has 2 fully saturated rings. The van der Waals surface area contributed by atoms with Crippen molar-refractivity contribution in [3.05, 3.63) is 104 Å². The molecule has 3 aliphatic rings. The molecule has 0 spiro atoms. The number of halogens is 1. The van der Waals surface area contributed by atoms with Gasteiger partial charge in [-0.2, -0.15) is 0 Å². The minimum absolute atomic E-state index is 0.128. The van der Waals surface area contributed by atoms with Gasteiger partial charge in [0, 0.05) is 28.4 Å². The molecule has 0 unspecified atom stereocenters. The Morgan fingerprint density at radius 3 is 2.71 bits per heavy atom. The van der Waals surface area contributed by atoms with Crippen molar-refractivity contribution in [2.75, 3.05) is 4.90 Å². The van der Waals surface area contributed by atoms with E-state index in [2.05, 4.69) is 20.9 Å². The Morgan fingerprint density at radius 1 is 1.16 bits per heavy atom. The molecule has 45 heavy (non-hydrogen) atoms. The van der Waals surface area contributed by atoms with Gasteiger partial charge in [0.05, 0.1) is 34.2 Å². The van der Waals surface area contributed by atoms with Crippen LogP contribution in [0.5, 0.6) is 5.75 Å². The maximum atomic E-state index is 14.0. The highest BCUT2D eigenvalue weighted by atomic mass is 79.9. The summed E-state index contributed by atoms with van der Waals surface area (Å²) in [6.07, 6.45) is 5.26. The number of nitrogens with zero attached hydrogens (tertiary/aromatic N) is 3. The zero-order valence-electron chi connectivity index (χ0n) is 24.5. The Balaban J connectivity index is 1.32. The third kappa shape index (κ3) is 5.97. The second kappa shape index (κ2) is 12.7. The van der Waals surface area contributed by atoms with E-state index in [1.54, 1.807) is 18.3 Å². The molecule has 3 heterocycles. The number of carbonyl (C=O) groups is 2. The van der Waals surface area contributed by atoms with Crippen molar-refractivity contribution in [2.45, 2.75) is 45.0 Å². The summed E-state index contributed by atoms with van der Waals surface area (Å²) in [4.78, 5) is 44.1. The van der Waals surface area contributed by atoms with Gasteiger partial charge in [0.25, 0.3) is 5.69 Å². The SMILES string of the molecule is CCC1=C2[C@@H](CC/C(=C/c3cc(Br)ccc3O)c3ccccn3)OB(O)C[C@@H]2[C@@H]2C(=O)N(c3cccc([N+](=O)[O-])c3)C(=O)[C@@H]2C1. The number of anilines is 1. The Hall–Kier alpha value is -4.13. The lowest BCUT2D eigenvalue weighted by atomic mass is 9.58. The molecule has 2 saturated heterocycles. The molecule has 1 aromatic heterocycles. The molecule has 2 N–H and O–H groups in total. The van der Waals surface area contributed by atoms with E-state index >= 15 is 0 Å². The van der Waals surface area contributed by atoms with Crippen molar-refractivity contribution in [3.8, 4) is 5.75 Å². The number of fused-ring (bicyclic) bond motifs is 3. The zero-order valence-corrected chi connectivity index (χ0v) is 26.1. The first-order valence-electron chi connectivity index (χ1n) is 14.9. The van der Waals surface area contributed by atoms with E-state index < -0.39 is 41.8 Å². The van der Waals surface area contributed by atoms with E-state index in [1.807, 2.05) is 37.3 Å². The molecule has 230 valence electrons. The summed E-state index contributed by atoms with van der Waals surface area (Å²) in [6, 6.07) is 16.4. The average molecular weight is 672 g/mol. The number of phenolic OH excluding ortho intramolecular Hbond substituents is 1. The third-order valence-electron chi connectivity index (χ3n) is 9.02. The van der Waals surface area contributed by atoms with Gasteiger partial charge in [0.15, 0.2) is 0 Å². The first kappa shape index (κ1) is 30.9. The fourth-order valence-electron chi connectivity index (χ4n) is 7.05. The highest BCUT2D eigenvalue weighted by Gasteiger charge is 2.57. The van der Waals surface area contributed by atoms with Gasteiger partial charge in [0.1, 0.15) is 5.75 Å². The maximum absolute atomic E-state index is 14.0. The number of non-ortho nitro benzene ring substituents is 1. The molecule has 2 amide bonds. The molecule has 0 radical (unpaired) electrons. The highest BCUT2D eigenvalue weighted by Crippen LogP contribution is 2.52. The Morgan fingerprint density at radius 2 is 1.98 bits per heavy atom. The Labute approximate surface area is 268 Å². The number of rotatable bonds is 8. The van der Waals surface area contributed by atoms with E-state index in [-0.39, 0.29) is 29.4 Å². The fourth-order valence-corrected chi connectivity index (χ4v) is 7.42. The first-order chi connectivity index (χ1) is 21.7. The number of nitro benzene ring substituents is 1. The van der Waals surface area contributed by atoms with Crippen LogP contribution in [0.3, 0.4) is 0 Å². The number of nitro groups is 1. The normalized spacial score (nSPS) is 23.3. The molecule has 0 bridgehead atoms. The van der Waals surface area contributed by atoms with Gasteiger partial charge in [-0.05, 0) is 91.5 Å². The largest absolute Gasteiger partial charge is 0.507 e. The van der Waals surface area contributed by atoms with E-state index in [0.717, 1.165) is 31.8 Å². The van der Waals surface area contributed by atoms with E-state index in [9.17, 15) is 29.8 Å². The quantitative estimate of drug-likeness (QED) is 0.0949. The van der Waals surface area contributed by atoms with Gasteiger partial charge in [-0.3, -0.25) is 24.7 Å². The van der Waals surface area contributed by atoms with Crippen LogP contribution < -0.4 is 4.90 Å². The Kier molecular flexibility index (Phi) is 8.72. The molecule has 3 aromatic rings. The first-order valence-corrected chi connectivity index (χ1v) is 15.7. The lowest BCUT2D eigenvalue weighted by Crippen LogP contribution is -2.46. The second-order valence-corrected chi connectivity index (χ2v) is 12.5. The van der Waals surface area contributed by atoms with Crippen molar-refractivity contribution in [2.24, 2.45) is 17.8 Å². The summed E-state index contributed by atoms with van der Waals surface area (Å²) in [7, 11) is -1.13. The number of hydrogen-bond donors (Lipinski definition) is 2. The van der Waals surface area contributed by atoms with Gasteiger partial charge in [-0.1, -0.05) is 40.6 Å². The summed E-state index contributed by atoms with van der Waals surface area (Å²) in [5, 5.41) is 32.9. The molecule has 1 aliphatic carbocycles. The van der Waals surface area contributed by atoms with Gasteiger partial charge in [-0.25, -0.2) is 4.90 Å². The van der Waals surface area contributed by atoms with Crippen LogP contribution in [0.4, 0.5) is 11.4 Å². The van der Waals surface area contributed by atoms with Crippen LogP contribution in [0.15, 0.2) is 82.5 Å². The molecule has 4 atom stereocenters. The molecule has 10 nitrogen and oxygen atoms in total. The highest BCUT2D eigenvalue weighted by molar-refractivity contribution is 9.10. The predicted molar refractivity (Wildman–Crippen MR) is 173 cm³/mol. The summed E-state index contributed by atoms with van der Waals surface area (Å²) >= 11 is 3.47. The number of imide groups is 1. The predicted octanol–water partition coefficient (Wildman–Crippen LogP) is 6.19. The van der Waals surface area contributed by atoms with Crippen molar-refractivity contribution < 1.29 is 29.3 Å². The molecule has 12 heteroatoms. The van der Waals surface area contributed by atoms with Crippen LogP contribution in [0.1, 0.15) is 43.9 Å². The lowest BCUT2D eigenvalue weighted by Gasteiger charge is -2.43. The molecular weight excluding hydrogens is 641 g/mol. The van der Waals surface area contributed by atoms with Gasteiger partial charge in [0.2, 0.25) is 11.8 Å². The van der Waals surface area contributed by atoms with Crippen LogP contribution in [0.25, 0.3) is 11.6 Å². The van der Waals surface area contributed by atoms with Crippen LogP contribution in [-0.4, -0.2) is 45.1 Å². The van der Waals surface area contributed by atoms with Crippen molar-refractivity contribution in [3.63, 3.8) is 0 Å². The smallest absolute Gasteiger partial charge is 0.455 e. The van der Waals surface area contributed by atoms with E-state index in [1.165, 1.54) is 24.3 Å². The molecular formula is C33H31BBrN3O7. The molecule has 2 aliphatic heterocycles. The van der Waals surface area contributed by atoms with Gasteiger partial charge < -0.3 is 14.8 Å². The molecule has 0 saturated carbocycles. The summed E-state index contributed by atoms with van der Waals surface area (Å²) in [5.41, 5.74) is 4.19. The number of hydrogen-bond acceptors (Lipinski definition) is 8. The number of phenols is 1. The zero-order chi connectivity index (χ0) is 31.8. The molecule has 6 rings (SSSR count). The standard InChI is InChI=1S/C33H31BBrN3O7/c1-2-19-16-25-31(33(41)37(32(25)40)23-6-5-7-24(17-23)38(43)44)26-18-34(42)45-29(30(19)26)12-9-20(27-8-3-4-13-36-27)14-21-15-22(35)10-11-28(21)39/h3-8,10-11,13-15,17,25-26,29,31,39,42H,2,9,12,16,18H2,1H3/b20-14-/t25-,26+,29-,31-/m1/s1. The monoisotopic (exact) mass is 671 g/mol. The van der Waals surface area contributed by atoms with E-state index in [0.29, 0.717) is 31.2 Å². The average Bonchev–Trinajstić information content (AvgIpc) is 3.29. The van der Waals surface area contributed by atoms with Crippen molar-refractivity contribution in [1.82, 2.24) is 4.98 Å². The number of aromatic nitrogens is 1. The number of amides is 2. The number of pyridine rings is 1. The Bertz CT molecular complexity index is 1730. The number of carbonyl (C=O) groups excluding carboxylic acids is 2. The number of benzene rings is 2. The summed E-state index contributed by atoms with van der Waals surface area (Å²) in [6.45, 7) is 2.01. The number of allylic oxidation sites excluding steroid dienone is 2. The summed E-state index contributed by atoms with van der Waals surface area (Å²) < 4.78 is 6.96. The fraction of sp³-hybridized carbons (Fsp3) is 0.303. The number of aromatic hydroxyl groups is 1.